The Balaban J connectivity index is 1.52. The highest BCUT2D eigenvalue weighted by Gasteiger charge is 2.28. The number of para-hydroxylation sites is 1. The predicted molar refractivity (Wildman–Crippen MR) is 91.5 cm³/mol. The second-order valence-corrected chi connectivity index (χ2v) is 6.33. The molecule has 1 aromatic carbocycles. The number of anilines is 1. The fraction of sp³-hybridized carbons (Fsp3) is 0.294. The molecule has 2 heterocycles. The van der Waals surface area contributed by atoms with Gasteiger partial charge in [-0.1, -0.05) is 18.2 Å². The molecule has 120 valence electrons. The maximum absolute atomic E-state index is 12.1. The van der Waals surface area contributed by atoms with Crippen molar-refractivity contribution in [2.24, 2.45) is 0 Å². The van der Waals surface area contributed by atoms with Gasteiger partial charge in [-0.2, -0.15) is 11.3 Å². The van der Waals surface area contributed by atoms with Crippen molar-refractivity contribution >= 4 is 29.0 Å². The van der Waals surface area contributed by atoms with E-state index in [-0.39, 0.29) is 18.5 Å². The van der Waals surface area contributed by atoms with Gasteiger partial charge in [0.05, 0.1) is 6.54 Å². The number of imide groups is 1. The van der Waals surface area contributed by atoms with E-state index in [1.54, 1.807) is 23.5 Å². The Hall–Kier alpha value is -2.18. The highest BCUT2D eigenvalue weighted by molar-refractivity contribution is 7.07. The Labute approximate surface area is 139 Å². The molecule has 3 rings (SSSR count). The van der Waals surface area contributed by atoms with E-state index in [0.717, 1.165) is 19.4 Å². The van der Waals surface area contributed by atoms with Crippen LogP contribution in [0.25, 0.3) is 0 Å². The van der Waals surface area contributed by atoms with Gasteiger partial charge >= 0.3 is 6.03 Å². The van der Waals surface area contributed by atoms with Crippen LogP contribution in [0, 0.1) is 0 Å². The second-order valence-electron chi connectivity index (χ2n) is 5.55. The molecule has 6 heteroatoms. The van der Waals surface area contributed by atoms with Gasteiger partial charge in [0.25, 0.3) is 0 Å². The van der Waals surface area contributed by atoms with E-state index >= 15 is 0 Å². The van der Waals surface area contributed by atoms with Crippen molar-refractivity contribution < 1.29 is 9.59 Å². The molecule has 1 aromatic heterocycles. The smallest absolute Gasteiger partial charge is 0.308 e. The number of amides is 3. The second kappa shape index (κ2) is 7.39. The van der Waals surface area contributed by atoms with Gasteiger partial charge in [0.15, 0.2) is 0 Å². The first kappa shape index (κ1) is 15.7. The summed E-state index contributed by atoms with van der Waals surface area (Å²) in [6, 6.07) is 11.0. The number of carbonyl (C=O) groups is 2. The van der Waals surface area contributed by atoms with Crippen molar-refractivity contribution in [1.82, 2.24) is 10.2 Å². The van der Waals surface area contributed by atoms with Gasteiger partial charge in [-0.05, 0) is 53.9 Å². The van der Waals surface area contributed by atoms with Gasteiger partial charge < -0.3 is 5.32 Å². The molecule has 3 amide bonds. The fourth-order valence-electron chi connectivity index (χ4n) is 2.89. The molecule has 1 aliphatic heterocycles. The minimum atomic E-state index is -0.493. The van der Waals surface area contributed by atoms with Gasteiger partial charge in [0.2, 0.25) is 5.91 Å². The van der Waals surface area contributed by atoms with Crippen molar-refractivity contribution in [2.45, 2.75) is 18.9 Å². The van der Waals surface area contributed by atoms with E-state index in [4.69, 9.17) is 0 Å². The molecular weight excluding hydrogens is 310 g/mol. The van der Waals surface area contributed by atoms with Gasteiger partial charge in [-0.3, -0.25) is 15.0 Å². The monoisotopic (exact) mass is 329 g/mol. The minimum absolute atomic E-state index is 0.239. The van der Waals surface area contributed by atoms with Crippen LogP contribution < -0.4 is 10.6 Å². The Bertz CT molecular complexity index is 658. The summed E-state index contributed by atoms with van der Waals surface area (Å²) in [4.78, 5) is 26.1. The maximum Gasteiger partial charge on any atom is 0.325 e. The molecule has 1 atom stereocenters. The Morgan fingerprint density at radius 1 is 1.22 bits per heavy atom. The molecule has 2 N–H and O–H groups in total. The normalized spacial score (nSPS) is 17.8. The van der Waals surface area contributed by atoms with Crippen LogP contribution in [0.4, 0.5) is 10.5 Å². The summed E-state index contributed by atoms with van der Waals surface area (Å²) >= 11 is 1.67. The summed E-state index contributed by atoms with van der Waals surface area (Å²) in [7, 11) is 0. The van der Waals surface area contributed by atoms with E-state index < -0.39 is 6.03 Å². The molecule has 0 saturated carbocycles. The molecule has 0 radical (unpaired) electrons. The summed E-state index contributed by atoms with van der Waals surface area (Å²) in [5.41, 5.74) is 1.92. The fourth-order valence-corrected chi connectivity index (χ4v) is 3.60. The molecule has 1 saturated heterocycles. The zero-order valence-corrected chi connectivity index (χ0v) is 13.5. The van der Waals surface area contributed by atoms with Crippen LogP contribution in [-0.2, 0) is 4.79 Å². The van der Waals surface area contributed by atoms with Crippen molar-refractivity contribution in [3.63, 3.8) is 0 Å². The van der Waals surface area contributed by atoms with Crippen molar-refractivity contribution in [2.75, 3.05) is 18.4 Å². The Kier molecular flexibility index (Phi) is 5.05. The number of benzene rings is 1. The van der Waals surface area contributed by atoms with Crippen LogP contribution in [0.15, 0.2) is 47.2 Å². The van der Waals surface area contributed by atoms with E-state index in [9.17, 15) is 9.59 Å². The standard InChI is InChI=1S/C17H19N3O2S/c21-16(19-17(22)18-14-5-2-1-3-6-14)11-20-9-4-7-15(20)13-8-10-23-12-13/h1-3,5-6,8,10,12,15H,4,7,9,11H2,(H2,18,19,21,22). The van der Waals surface area contributed by atoms with E-state index in [1.807, 2.05) is 18.2 Å². The summed E-state index contributed by atoms with van der Waals surface area (Å²) in [6.45, 7) is 1.12. The van der Waals surface area contributed by atoms with Crippen LogP contribution in [0.5, 0.6) is 0 Å². The number of thiophene rings is 1. The van der Waals surface area contributed by atoms with E-state index in [2.05, 4.69) is 32.4 Å². The van der Waals surface area contributed by atoms with Crippen LogP contribution in [-0.4, -0.2) is 29.9 Å². The predicted octanol–water partition coefficient (Wildman–Crippen LogP) is 3.23. The number of rotatable bonds is 4. The number of likely N-dealkylation sites (tertiary alicyclic amines) is 1. The Morgan fingerprint density at radius 3 is 2.78 bits per heavy atom. The largest absolute Gasteiger partial charge is 0.325 e. The number of hydrogen-bond acceptors (Lipinski definition) is 4. The average Bonchev–Trinajstić information content (AvgIpc) is 3.18. The number of nitrogens with zero attached hydrogens (tertiary/aromatic N) is 1. The summed E-state index contributed by atoms with van der Waals surface area (Å²) in [6.07, 6.45) is 2.13. The first-order valence-electron chi connectivity index (χ1n) is 7.64. The number of urea groups is 1. The third-order valence-electron chi connectivity index (χ3n) is 3.92. The highest BCUT2D eigenvalue weighted by Crippen LogP contribution is 2.32. The highest BCUT2D eigenvalue weighted by atomic mass is 32.1. The molecule has 0 bridgehead atoms. The third kappa shape index (κ3) is 4.18. The number of nitrogens with one attached hydrogen (secondary N) is 2. The van der Waals surface area contributed by atoms with Gasteiger partial charge in [-0.25, -0.2) is 4.79 Å². The average molecular weight is 329 g/mol. The van der Waals surface area contributed by atoms with Gasteiger partial charge in [-0.15, -0.1) is 0 Å². The van der Waals surface area contributed by atoms with Crippen LogP contribution in [0.2, 0.25) is 0 Å². The Morgan fingerprint density at radius 2 is 2.04 bits per heavy atom. The first-order valence-corrected chi connectivity index (χ1v) is 8.58. The quantitative estimate of drug-likeness (QED) is 0.905. The lowest BCUT2D eigenvalue weighted by atomic mass is 10.1. The molecule has 1 unspecified atom stereocenters. The SMILES string of the molecule is O=C(CN1CCCC1c1ccsc1)NC(=O)Nc1ccccc1. The van der Waals surface area contributed by atoms with Crippen molar-refractivity contribution in [3.8, 4) is 0 Å². The molecule has 1 fully saturated rings. The molecule has 23 heavy (non-hydrogen) atoms. The molecule has 5 nitrogen and oxygen atoms in total. The van der Waals surface area contributed by atoms with Gasteiger partial charge in [0.1, 0.15) is 0 Å². The zero-order chi connectivity index (χ0) is 16.1. The lowest BCUT2D eigenvalue weighted by molar-refractivity contribution is -0.121. The van der Waals surface area contributed by atoms with Crippen LogP contribution >= 0.6 is 11.3 Å². The van der Waals surface area contributed by atoms with Crippen molar-refractivity contribution in [3.05, 3.63) is 52.7 Å². The van der Waals surface area contributed by atoms with Gasteiger partial charge in [0, 0.05) is 11.7 Å². The summed E-state index contributed by atoms with van der Waals surface area (Å²) < 4.78 is 0. The maximum atomic E-state index is 12.1. The molecule has 2 aromatic rings. The lowest BCUT2D eigenvalue weighted by Gasteiger charge is -2.23. The summed E-state index contributed by atoms with van der Waals surface area (Å²) in [5.74, 6) is -0.277. The number of carbonyl (C=O) groups excluding carboxylic acids is 2. The first-order chi connectivity index (χ1) is 11.2. The lowest BCUT2D eigenvalue weighted by Crippen LogP contribution is -2.41. The molecule has 1 aliphatic rings. The molecule has 0 spiro atoms. The van der Waals surface area contributed by atoms with Crippen molar-refractivity contribution in [1.29, 1.82) is 0 Å². The zero-order valence-electron chi connectivity index (χ0n) is 12.7. The van der Waals surface area contributed by atoms with Crippen LogP contribution in [0.3, 0.4) is 0 Å². The topological polar surface area (TPSA) is 61.4 Å². The third-order valence-corrected chi connectivity index (χ3v) is 4.62. The molecular formula is C17H19N3O2S. The minimum Gasteiger partial charge on any atom is -0.308 e. The summed E-state index contributed by atoms with van der Waals surface area (Å²) in [5, 5.41) is 9.22. The number of hydrogen-bond donors (Lipinski definition) is 2. The van der Waals surface area contributed by atoms with E-state index in [1.165, 1.54) is 5.56 Å². The molecule has 0 aliphatic carbocycles. The van der Waals surface area contributed by atoms with E-state index in [0.29, 0.717) is 5.69 Å². The van der Waals surface area contributed by atoms with Crippen LogP contribution in [0.1, 0.15) is 24.4 Å².